The fourth-order valence-corrected chi connectivity index (χ4v) is 7.55. The van der Waals surface area contributed by atoms with Crippen molar-refractivity contribution in [2.24, 2.45) is 0 Å². The number of ether oxygens (including phenoxy) is 2. The molecule has 0 amide bonds. The molecular formula is C46H56Br2O4. The summed E-state index contributed by atoms with van der Waals surface area (Å²) in [6, 6.07) is 17.1. The van der Waals surface area contributed by atoms with Gasteiger partial charge in [0.25, 0.3) is 0 Å². The van der Waals surface area contributed by atoms with Crippen LogP contribution >= 0.6 is 31.9 Å². The molecule has 4 aromatic carbocycles. The highest BCUT2D eigenvalue weighted by Crippen LogP contribution is 2.37. The van der Waals surface area contributed by atoms with Crippen LogP contribution in [-0.4, -0.2) is 35.8 Å². The molecule has 0 N–H and O–H groups in total. The van der Waals surface area contributed by atoms with Crippen LogP contribution in [0.1, 0.15) is 140 Å². The van der Waals surface area contributed by atoms with Gasteiger partial charge in [0.15, 0.2) is 0 Å². The molecule has 0 aliphatic heterocycles. The van der Waals surface area contributed by atoms with Gasteiger partial charge >= 0.3 is 11.9 Å². The number of benzene rings is 4. The highest BCUT2D eigenvalue weighted by molar-refractivity contribution is 9.09. The largest absolute Gasteiger partial charge is 0.465 e. The van der Waals surface area contributed by atoms with Crippen LogP contribution in [0.4, 0.5) is 0 Å². The van der Waals surface area contributed by atoms with E-state index in [9.17, 15) is 9.59 Å². The Hall–Kier alpha value is -3.06. The second kappa shape index (κ2) is 25.0. The third-order valence-corrected chi connectivity index (χ3v) is 10.7. The Balaban J connectivity index is 1.22. The molecule has 0 unspecified atom stereocenters. The molecule has 52 heavy (non-hydrogen) atoms. The van der Waals surface area contributed by atoms with E-state index in [0.717, 1.165) is 58.2 Å². The molecule has 0 saturated carbocycles. The van der Waals surface area contributed by atoms with Gasteiger partial charge in [-0.25, -0.2) is 0 Å². The van der Waals surface area contributed by atoms with E-state index in [-0.39, 0.29) is 11.9 Å². The first kappa shape index (κ1) is 41.7. The molecule has 0 heterocycles. The van der Waals surface area contributed by atoms with Gasteiger partial charge in [0.05, 0.1) is 0 Å². The van der Waals surface area contributed by atoms with Crippen LogP contribution in [0.5, 0.6) is 0 Å². The van der Waals surface area contributed by atoms with E-state index >= 15 is 0 Å². The molecule has 0 fully saturated rings. The topological polar surface area (TPSA) is 52.6 Å². The smallest absolute Gasteiger partial charge is 0.305 e. The molecule has 0 saturated heterocycles. The number of rotatable bonds is 24. The summed E-state index contributed by atoms with van der Waals surface area (Å²) in [4.78, 5) is 24.4. The molecule has 0 bridgehead atoms. The lowest BCUT2D eigenvalue weighted by Gasteiger charge is -2.13. The van der Waals surface area contributed by atoms with Crippen LogP contribution in [0.2, 0.25) is 0 Å². The third-order valence-electron chi connectivity index (χ3n) is 9.62. The molecule has 0 aliphatic carbocycles. The van der Waals surface area contributed by atoms with Crippen molar-refractivity contribution in [3.8, 4) is 23.7 Å². The zero-order chi connectivity index (χ0) is 36.6. The lowest BCUT2D eigenvalue weighted by atomic mass is 9.90. The molecule has 278 valence electrons. The van der Waals surface area contributed by atoms with Gasteiger partial charge in [-0.05, 0) is 70.1 Å². The van der Waals surface area contributed by atoms with Gasteiger partial charge in [-0.3, -0.25) is 9.59 Å². The molecular weight excluding hydrogens is 776 g/mol. The van der Waals surface area contributed by atoms with Crippen LogP contribution < -0.4 is 0 Å². The second-order valence-corrected chi connectivity index (χ2v) is 15.3. The van der Waals surface area contributed by atoms with Gasteiger partial charge in [0.2, 0.25) is 0 Å². The zero-order valence-corrected chi connectivity index (χ0v) is 34.2. The molecule has 6 heteroatoms. The number of alkyl halides is 2. The van der Waals surface area contributed by atoms with Crippen molar-refractivity contribution >= 4 is 76.1 Å². The van der Waals surface area contributed by atoms with Crippen molar-refractivity contribution in [1.82, 2.24) is 0 Å². The summed E-state index contributed by atoms with van der Waals surface area (Å²) in [6.07, 6.45) is 21.2. The first-order valence-electron chi connectivity index (χ1n) is 19.7. The SMILES string of the molecule is O=C(CCCCCCCCCCBr)OCCC#Cc1ccc2ccc3c(C#CCCOC(=O)CCCCCCCCCCBr)ccc4ccc1c2c43. The molecule has 4 rings (SSSR count). The van der Waals surface area contributed by atoms with Crippen LogP contribution in [0.25, 0.3) is 32.3 Å². The number of carbonyl (C=O) groups is 2. The van der Waals surface area contributed by atoms with Gasteiger partial charge in [-0.15, -0.1) is 0 Å². The number of esters is 2. The van der Waals surface area contributed by atoms with Crippen LogP contribution in [0.3, 0.4) is 0 Å². The summed E-state index contributed by atoms with van der Waals surface area (Å²) in [5.74, 6) is 12.9. The Morgan fingerprint density at radius 1 is 0.462 bits per heavy atom. The van der Waals surface area contributed by atoms with Gasteiger partial charge in [-0.2, -0.15) is 0 Å². The van der Waals surface area contributed by atoms with Gasteiger partial charge in [0, 0.05) is 47.5 Å². The Morgan fingerprint density at radius 2 is 0.808 bits per heavy atom. The standard InChI is InChI=1S/C46H56Br2O4/c47-33-17-11-7-3-1-5-9-13-23-43(49)51-35-19-15-21-37-25-27-39-30-32-42-38(26-28-40-29-31-41(37)45(39)46(40)42)22-16-20-36-52-44(50)24-14-10-6-2-4-8-12-18-34-48/h25-32H,1-14,17-20,23-24,33-36H2. The van der Waals surface area contributed by atoms with Crippen LogP contribution in [-0.2, 0) is 19.1 Å². The molecule has 0 aliphatic rings. The molecule has 0 aromatic heterocycles. The summed E-state index contributed by atoms with van der Waals surface area (Å²) in [5, 5.41) is 9.16. The highest BCUT2D eigenvalue weighted by Gasteiger charge is 2.12. The predicted octanol–water partition coefficient (Wildman–Crippen LogP) is 13.0. The number of unbranched alkanes of at least 4 members (excludes halogenated alkanes) is 14. The number of hydrogen-bond donors (Lipinski definition) is 0. The first-order valence-corrected chi connectivity index (χ1v) is 22.0. The van der Waals surface area contributed by atoms with E-state index in [1.54, 1.807) is 0 Å². The first-order chi connectivity index (χ1) is 25.6. The minimum absolute atomic E-state index is 0.120. The number of hydrogen-bond acceptors (Lipinski definition) is 4. The van der Waals surface area contributed by atoms with Gasteiger partial charge in [-0.1, -0.05) is 169 Å². The molecule has 0 atom stereocenters. The average molecular weight is 833 g/mol. The van der Waals surface area contributed by atoms with E-state index in [0.29, 0.717) is 38.9 Å². The Bertz CT molecular complexity index is 1660. The van der Waals surface area contributed by atoms with Crippen molar-refractivity contribution in [3.63, 3.8) is 0 Å². The van der Waals surface area contributed by atoms with Crippen molar-refractivity contribution in [2.45, 2.75) is 128 Å². The minimum Gasteiger partial charge on any atom is -0.465 e. The van der Waals surface area contributed by atoms with E-state index in [4.69, 9.17) is 9.47 Å². The van der Waals surface area contributed by atoms with Gasteiger partial charge < -0.3 is 9.47 Å². The van der Waals surface area contributed by atoms with Crippen molar-refractivity contribution < 1.29 is 19.1 Å². The molecule has 0 radical (unpaired) electrons. The maximum absolute atomic E-state index is 12.2. The fraction of sp³-hybridized carbons (Fsp3) is 0.522. The summed E-state index contributed by atoms with van der Waals surface area (Å²) in [5.41, 5.74) is 1.94. The van der Waals surface area contributed by atoms with Crippen molar-refractivity contribution in [1.29, 1.82) is 0 Å². The van der Waals surface area contributed by atoms with E-state index in [2.05, 4.69) is 104 Å². The maximum atomic E-state index is 12.2. The monoisotopic (exact) mass is 830 g/mol. The van der Waals surface area contributed by atoms with Crippen molar-refractivity contribution in [2.75, 3.05) is 23.9 Å². The van der Waals surface area contributed by atoms with Crippen LogP contribution in [0.15, 0.2) is 48.5 Å². The Labute approximate surface area is 329 Å². The Kier molecular flexibility index (Phi) is 20.1. The average Bonchev–Trinajstić information content (AvgIpc) is 3.16. The summed E-state index contributed by atoms with van der Waals surface area (Å²) >= 11 is 6.97. The highest BCUT2D eigenvalue weighted by atomic mass is 79.9. The van der Waals surface area contributed by atoms with Crippen LogP contribution in [0, 0.1) is 23.7 Å². The third kappa shape index (κ3) is 14.4. The normalized spacial score (nSPS) is 11.0. The van der Waals surface area contributed by atoms with E-state index in [1.165, 1.54) is 98.6 Å². The zero-order valence-electron chi connectivity index (χ0n) is 31.0. The quantitative estimate of drug-likeness (QED) is 0.0232. The predicted molar refractivity (Wildman–Crippen MR) is 226 cm³/mol. The van der Waals surface area contributed by atoms with E-state index in [1.807, 2.05) is 0 Å². The number of halogens is 2. The Morgan fingerprint density at radius 3 is 1.19 bits per heavy atom. The second-order valence-electron chi connectivity index (χ2n) is 13.7. The summed E-state index contributed by atoms with van der Waals surface area (Å²) in [7, 11) is 0. The van der Waals surface area contributed by atoms with E-state index < -0.39 is 0 Å². The van der Waals surface area contributed by atoms with Gasteiger partial charge in [0.1, 0.15) is 13.2 Å². The molecule has 4 aromatic rings. The summed E-state index contributed by atoms with van der Waals surface area (Å²) in [6.45, 7) is 0.648. The lowest BCUT2D eigenvalue weighted by molar-refractivity contribution is -0.144. The lowest BCUT2D eigenvalue weighted by Crippen LogP contribution is -2.05. The van der Waals surface area contributed by atoms with Crippen molar-refractivity contribution in [3.05, 3.63) is 59.7 Å². The molecule has 0 spiro atoms. The molecule has 4 nitrogen and oxygen atoms in total. The summed E-state index contributed by atoms with van der Waals surface area (Å²) < 4.78 is 10.9. The maximum Gasteiger partial charge on any atom is 0.305 e. The number of carbonyl (C=O) groups excluding carboxylic acids is 2. The fourth-order valence-electron chi connectivity index (χ4n) is 6.76. The minimum atomic E-state index is -0.120.